The van der Waals surface area contributed by atoms with Crippen LogP contribution in [0.25, 0.3) is 0 Å². The Morgan fingerprint density at radius 3 is 2.77 bits per heavy atom. The van der Waals surface area contributed by atoms with Crippen LogP contribution in [0.2, 0.25) is 0 Å². The molecule has 4 N–H and O–H groups in total. The highest BCUT2D eigenvalue weighted by molar-refractivity contribution is 5.94. The Kier molecular flexibility index (Phi) is 6.86. The molecule has 1 aromatic carbocycles. The SMILES string of the molecule is O=C(CO)NCCNc1ccc(N2CC(CNC(=O)c3ccoc3)OC2=O)cc1F. The number of carbonyl (C=O) groups excluding carboxylic acids is 3. The second kappa shape index (κ2) is 9.74. The Morgan fingerprint density at radius 2 is 2.07 bits per heavy atom. The molecule has 1 fully saturated rings. The molecule has 0 spiro atoms. The molecule has 160 valence electrons. The summed E-state index contributed by atoms with van der Waals surface area (Å²) in [5.74, 6) is -1.45. The fourth-order valence-corrected chi connectivity index (χ4v) is 2.81. The number of rotatable bonds is 9. The highest BCUT2D eigenvalue weighted by Gasteiger charge is 2.33. The minimum Gasteiger partial charge on any atom is -0.472 e. The lowest BCUT2D eigenvalue weighted by Crippen LogP contribution is -2.34. The molecule has 10 nitrogen and oxygen atoms in total. The highest BCUT2D eigenvalue weighted by atomic mass is 19.1. The zero-order valence-electron chi connectivity index (χ0n) is 15.9. The number of aliphatic hydroxyl groups excluding tert-OH is 1. The van der Waals surface area contributed by atoms with Gasteiger partial charge in [-0.05, 0) is 24.3 Å². The number of hydrogen-bond acceptors (Lipinski definition) is 7. The number of amides is 3. The van der Waals surface area contributed by atoms with Gasteiger partial charge in [0.25, 0.3) is 5.91 Å². The van der Waals surface area contributed by atoms with E-state index in [0.717, 1.165) is 0 Å². The van der Waals surface area contributed by atoms with Gasteiger partial charge in [0.05, 0.1) is 36.3 Å². The van der Waals surface area contributed by atoms with Crippen molar-refractivity contribution in [3.63, 3.8) is 0 Å². The topological polar surface area (TPSA) is 133 Å². The standard InChI is InChI=1S/C19H21FN4O6/c20-15-7-13(1-2-16(15)21-4-5-22-17(26)10-25)24-9-14(30-19(24)28)8-23-18(27)12-3-6-29-11-12/h1-3,6-7,11,14,21,25H,4-5,8-10H2,(H,22,26)(H,23,27). The molecular formula is C19H21FN4O6. The number of anilines is 2. The van der Waals surface area contributed by atoms with Gasteiger partial charge in [-0.25, -0.2) is 9.18 Å². The summed E-state index contributed by atoms with van der Waals surface area (Å²) < 4.78 is 24.4. The molecule has 2 aromatic rings. The molecule has 1 aliphatic heterocycles. The maximum Gasteiger partial charge on any atom is 0.414 e. The van der Waals surface area contributed by atoms with Crippen LogP contribution in [0.5, 0.6) is 0 Å². The van der Waals surface area contributed by atoms with Crippen molar-refractivity contribution in [3.05, 3.63) is 48.2 Å². The largest absolute Gasteiger partial charge is 0.472 e. The predicted octanol–water partition coefficient (Wildman–Crippen LogP) is 0.694. The van der Waals surface area contributed by atoms with E-state index in [2.05, 4.69) is 16.0 Å². The minimum absolute atomic E-state index is 0.105. The van der Waals surface area contributed by atoms with Gasteiger partial charge < -0.3 is 30.2 Å². The molecule has 1 unspecified atom stereocenters. The van der Waals surface area contributed by atoms with Crippen molar-refractivity contribution in [3.8, 4) is 0 Å². The van der Waals surface area contributed by atoms with Crippen LogP contribution in [0.3, 0.4) is 0 Å². The average Bonchev–Trinajstić information content (AvgIpc) is 3.40. The van der Waals surface area contributed by atoms with Crippen LogP contribution in [0.4, 0.5) is 20.6 Å². The first-order valence-electron chi connectivity index (χ1n) is 9.17. The lowest BCUT2D eigenvalue weighted by molar-refractivity contribution is -0.123. The highest BCUT2D eigenvalue weighted by Crippen LogP contribution is 2.25. The summed E-state index contributed by atoms with van der Waals surface area (Å²) in [5, 5.41) is 16.5. The molecule has 3 rings (SSSR count). The first kappa shape index (κ1) is 21.1. The van der Waals surface area contributed by atoms with Gasteiger partial charge in [0, 0.05) is 13.1 Å². The van der Waals surface area contributed by atoms with E-state index < -0.39 is 30.5 Å². The van der Waals surface area contributed by atoms with Gasteiger partial charge in [0.15, 0.2) is 0 Å². The number of furan rings is 1. The van der Waals surface area contributed by atoms with Gasteiger partial charge in [-0.1, -0.05) is 0 Å². The van der Waals surface area contributed by atoms with Gasteiger partial charge in [-0.2, -0.15) is 0 Å². The zero-order valence-corrected chi connectivity index (χ0v) is 15.9. The summed E-state index contributed by atoms with van der Waals surface area (Å²) in [7, 11) is 0. The summed E-state index contributed by atoms with van der Waals surface area (Å²) >= 11 is 0. The molecule has 0 radical (unpaired) electrons. The van der Waals surface area contributed by atoms with Gasteiger partial charge in [-0.3, -0.25) is 14.5 Å². The van der Waals surface area contributed by atoms with E-state index in [-0.39, 0.29) is 37.8 Å². The van der Waals surface area contributed by atoms with E-state index in [1.807, 2.05) is 0 Å². The summed E-state index contributed by atoms with van der Waals surface area (Å²) in [6, 6.07) is 5.74. The smallest absolute Gasteiger partial charge is 0.414 e. The van der Waals surface area contributed by atoms with Gasteiger partial charge in [0.2, 0.25) is 5.91 Å². The molecule has 1 saturated heterocycles. The Morgan fingerprint density at radius 1 is 1.23 bits per heavy atom. The van der Waals surface area contributed by atoms with Crippen molar-refractivity contribution in [1.29, 1.82) is 0 Å². The van der Waals surface area contributed by atoms with Crippen molar-refractivity contribution in [2.45, 2.75) is 6.10 Å². The molecule has 1 aliphatic rings. The first-order chi connectivity index (χ1) is 14.5. The van der Waals surface area contributed by atoms with Gasteiger partial charge in [-0.15, -0.1) is 0 Å². The summed E-state index contributed by atoms with van der Waals surface area (Å²) in [6.45, 7) is 0.123. The van der Waals surface area contributed by atoms with Crippen molar-refractivity contribution >= 4 is 29.3 Å². The second-order valence-corrected chi connectivity index (χ2v) is 6.44. The Bertz CT molecular complexity index is 904. The normalized spacial score (nSPS) is 15.6. The fourth-order valence-electron chi connectivity index (χ4n) is 2.81. The quantitative estimate of drug-likeness (QED) is 0.439. The Labute approximate surface area is 171 Å². The number of cyclic esters (lactones) is 1. The molecule has 0 aliphatic carbocycles. The van der Waals surface area contributed by atoms with E-state index in [0.29, 0.717) is 11.3 Å². The summed E-state index contributed by atoms with van der Waals surface area (Å²) in [6.07, 6.45) is 1.47. The molecule has 0 saturated carbocycles. The van der Waals surface area contributed by atoms with E-state index in [9.17, 15) is 18.8 Å². The molecule has 30 heavy (non-hydrogen) atoms. The molecule has 3 amide bonds. The van der Waals surface area contributed by atoms with Crippen LogP contribution in [0.15, 0.2) is 41.2 Å². The number of carbonyl (C=O) groups is 3. The third-order valence-corrected chi connectivity index (χ3v) is 4.32. The van der Waals surface area contributed by atoms with Gasteiger partial charge in [0.1, 0.15) is 24.8 Å². The maximum atomic E-state index is 14.4. The summed E-state index contributed by atoms with van der Waals surface area (Å²) in [4.78, 5) is 36.3. The van der Waals surface area contributed by atoms with Crippen molar-refractivity contribution in [1.82, 2.24) is 10.6 Å². The third kappa shape index (κ3) is 5.26. The lowest BCUT2D eigenvalue weighted by atomic mass is 10.2. The molecule has 11 heteroatoms. The second-order valence-electron chi connectivity index (χ2n) is 6.44. The fraction of sp³-hybridized carbons (Fsp3) is 0.316. The molecule has 0 bridgehead atoms. The van der Waals surface area contributed by atoms with Crippen molar-refractivity contribution in [2.75, 3.05) is 43.0 Å². The van der Waals surface area contributed by atoms with Crippen molar-refractivity contribution in [2.24, 2.45) is 0 Å². The van der Waals surface area contributed by atoms with E-state index >= 15 is 0 Å². The van der Waals surface area contributed by atoms with E-state index in [1.54, 1.807) is 6.07 Å². The number of ether oxygens (including phenoxy) is 1. The molecule has 1 atom stereocenters. The Balaban J connectivity index is 1.51. The van der Waals surface area contributed by atoms with Crippen molar-refractivity contribution < 1.29 is 33.0 Å². The number of halogens is 1. The van der Waals surface area contributed by atoms with E-state index in [4.69, 9.17) is 14.3 Å². The minimum atomic E-state index is -0.635. The molecular weight excluding hydrogens is 399 g/mol. The van der Waals surface area contributed by atoms with Crippen LogP contribution in [0, 0.1) is 5.82 Å². The number of aliphatic hydroxyl groups is 1. The predicted molar refractivity (Wildman–Crippen MR) is 104 cm³/mol. The number of nitrogens with zero attached hydrogens (tertiary/aromatic N) is 1. The maximum absolute atomic E-state index is 14.4. The number of hydrogen-bond donors (Lipinski definition) is 4. The van der Waals surface area contributed by atoms with E-state index in [1.165, 1.54) is 35.6 Å². The first-order valence-corrected chi connectivity index (χ1v) is 9.17. The van der Waals surface area contributed by atoms with Crippen LogP contribution in [-0.4, -0.2) is 61.9 Å². The molecule has 1 aromatic heterocycles. The third-order valence-electron chi connectivity index (χ3n) is 4.32. The average molecular weight is 420 g/mol. The van der Waals surface area contributed by atoms with Gasteiger partial charge >= 0.3 is 6.09 Å². The van der Waals surface area contributed by atoms with Crippen LogP contribution >= 0.6 is 0 Å². The number of nitrogens with one attached hydrogen (secondary N) is 3. The lowest BCUT2D eigenvalue weighted by Gasteiger charge is -2.15. The summed E-state index contributed by atoms with van der Waals surface area (Å²) in [5.41, 5.74) is 0.881. The van der Waals surface area contributed by atoms with Crippen LogP contribution in [-0.2, 0) is 9.53 Å². The van der Waals surface area contributed by atoms with Crippen LogP contribution < -0.4 is 20.9 Å². The number of benzene rings is 1. The molecule has 2 heterocycles. The van der Waals surface area contributed by atoms with Crippen LogP contribution in [0.1, 0.15) is 10.4 Å². The monoisotopic (exact) mass is 420 g/mol. The Hall–Kier alpha value is -3.60. The zero-order chi connectivity index (χ0) is 21.5.